The third-order valence-corrected chi connectivity index (χ3v) is 4.16. The molecule has 3 aromatic rings. The molecule has 0 saturated carbocycles. The number of benzene rings is 2. The monoisotopic (exact) mass is 420 g/mol. The van der Waals surface area contributed by atoms with Gasteiger partial charge in [0.05, 0.1) is 0 Å². The van der Waals surface area contributed by atoms with Gasteiger partial charge in [0.25, 0.3) is 0 Å². The number of nitrogen functional groups attached to an aromatic ring is 1. The molecule has 0 spiro atoms. The number of aromatic nitrogens is 1. The lowest BCUT2D eigenvalue weighted by Crippen LogP contribution is -1.82. The first-order valence-electron chi connectivity index (χ1n) is 6.67. The van der Waals surface area contributed by atoms with Gasteiger partial charge in [-0.25, -0.2) is 0 Å². The van der Waals surface area contributed by atoms with Gasteiger partial charge >= 0.3 is 0 Å². The molecule has 0 bridgehead atoms. The quantitative estimate of drug-likeness (QED) is 0.461. The van der Waals surface area contributed by atoms with Gasteiger partial charge in [0.1, 0.15) is 0 Å². The van der Waals surface area contributed by atoms with Crippen LogP contribution >= 0.6 is 31.9 Å². The Labute approximate surface area is 148 Å². The molecule has 4 heteroatoms. The summed E-state index contributed by atoms with van der Waals surface area (Å²) in [6, 6.07) is 21.5. The molecule has 2 nitrogen and oxygen atoms in total. The lowest BCUT2D eigenvalue weighted by molar-refractivity contribution is 1.33. The standard InChI is InChI=1S/C7H7Br.C6H6BrN.C5H5N/c1-6-4-2-3-5-7(6)8;7-5-3-1-2-4-6(5)8;1-2-4-6-5-3-1/h2-5H,1H3;1-4H,8H2;1-5H. The Hall–Kier alpha value is -1.65. The minimum Gasteiger partial charge on any atom is -0.398 e. The zero-order valence-electron chi connectivity index (χ0n) is 12.3. The molecule has 0 amide bonds. The summed E-state index contributed by atoms with van der Waals surface area (Å²) in [5.74, 6) is 0. The zero-order chi connectivity index (χ0) is 16.2. The minimum atomic E-state index is 0.785. The fourth-order valence-electron chi connectivity index (χ4n) is 1.34. The molecule has 1 heterocycles. The van der Waals surface area contributed by atoms with E-state index in [1.165, 1.54) is 10.0 Å². The van der Waals surface area contributed by atoms with Crippen LogP contribution in [0.3, 0.4) is 0 Å². The van der Waals surface area contributed by atoms with Crippen LogP contribution in [0.2, 0.25) is 0 Å². The Morgan fingerprint density at radius 3 is 1.55 bits per heavy atom. The Morgan fingerprint density at radius 1 is 0.727 bits per heavy atom. The van der Waals surface area contributed by atoms with Gasteiger partial charge in [-0.2, -0.15) is 0 Å². The smallest absolute Gasteiger partial charge is 0.0458 e. The lowest BCUT2D eigenvalue weighted by atomic mass is 10.2. The van der Waals surface area contributed by atoms with Crippen molar-refractivity contribution < 1.29 is 0 Å². The SMILES string of the molecule is Cc1ccccc1Br.Nc1ccccc1Br.c1ccncc1. The van der Waals surface area contributed by atoms with E-state index in [1.807, 2.05) is 60.7 Å². The van der Waals surface area contributed by atoms with Gasteiger partial charge in [-0.1, -0.05) is 52.3 Å². The van der Waals surface area contributed by atoms with Crippen molar-refractivity contribution in [3.8, 4) is 0 Å². The second-order valence-corrected chi connectivity index (χ2v) is 6.00. The number of rotatable bonds is 0. The average molecular weight is 422 g/mol. The third-order valence-electron chi connectivity index (χ3n) is 2.55. The first kappa shape index (κ1) is 18.4. The number of para-hydroxylation sites is 1. The van der Waals surface area contributed by atoms with Gasteiger partial charge in [-0.15, -0.1) is 0 Å². The Morgan fingerprint density at radius 2 is 1.27 bits per heavy atom. The first-order valence-corrected chi connectivity index (χ1v) is 8.26. The Kier molecular flexibility index (Phi) is 9.19. The molecule has 0 saturated heterocycles. The molecular weight excluding hydrogens is 404 g/mol. The predicted octanol–water partition coefficient (Wildman–Crippen LogP) is 5.87. The summed E-state index contributed by atoms with van der Waals surface area (Å²) in [6.07, 6.45) is 3.50. The first-order chi connectivity index (χ1) is 10.6. The number of hydrogen-bond donors (Lipinski definition) is 1. The van der Waals surface area contributed by atoms with Gasteiger partial charge in [0, 0.05) is 27.0 Å². The van der Waals surface area contributed by atoms with Crippen molar-refractivity contribution in [3.63, 3.8) is 0 Å². The summed E-state index contributed by atoms with van der Waals surface area (Å²) in [7, 11) is 0. The van der Waals surface area contributed by atoms with Crippen LogP contribution in [0, 0.1) is 6.92 Å². The molecule has 0 atom stereocenters. The summed E-state index contributed by atoms with van der Waals surface area (Å²) < 4.78 is 2.14. The highest BCUT2D eigenvalue weighted by atomic mass is 79.9. The molecule has 0 unspecified atom stereocenters. The maximum absolute atomic E-state index is 5.47. The number of anilines is 1. The maximum Gasteiger partial charge on any atom is 0.0458 e. The molecule has 1 aromatic heterocycles. The molecule has 0 radical (unpaired) electrons. The van der Waals surface area contributed by atoms with Crippen molar-refractivity contribution in [1.82, 2.24) is 4.98 Å². The largest absolute Gasteiger partial charge is 0.398 e. The van der Waals surface area contributed by atoms with E-state index in [1.54, 1.807) is 12.4 Å². The van der Waals surface area contributed by atoms with Crippen molar-refractivity contribution in [2.45, 2.75) is 6.92 Å². The molecule has 3 rings (SSSR count). The number of nitrogens with zero attached hydrogens (tertiary/aromatic N) is 1. The summed E-state index contributed by atoms with van der Waals surface area (Å²) in [4.78, 5) is 3.78. The molecule has 22 heavy (non-hydrogen) atoms. The van der Waals surface area contributed by atoms with Crippen LogP contribution in [0.1, 0.15) is 5.56 Å². The minimum absolute atomic E-state index is 0.785. The van der Waals surface area contributed by atoms with E-state index in [0.29, 0.717) is 0 Å². The topological polar surface area (TPSA) is 38.9 Å². The molecule has 114 valence electrons. The highest BCUT2D eigenvalue weighted by molar-refractivity contribution is 9.10. The van der Waals surface area contributed by atoms with Crippen molar-refractivity contribution in [3.05, 3.63) is 93.6 Å². The number of aryl methyl sites for hydroxylation is 1. The van der Waals surface area contributed by atoms with Gasteiger partial charge in [-0.05, 0) is 58.7 Å². The van der Waals surface area contributed by atoms with E-state index in [-0.39, 0.29) is 0 Å². The molecule has 0 aliphatic heterocycles. The molecule has 0 fully saturated rings. The van der Waals surface area contributed by atoms with Crippen LogP contribution in [0.5, 0.6) is 0 Å². The van der Waals surface area contributed by atoms with Gasteiger partial charge in [0.2, 0.25) is 0 Å². The van der Waals surface area contributed by atoms with Gasteiger partial charge < -0.3 is 5.73 Å². The number of hydrogen-bond acceptors (Lipinski definition) is 2. The summed E-state index contributed by atoms with van der Waals surface area (Å²) >= 11 is 6.67. The summed E-state index contributed by atoms with van der Waals surface area (Å²) in [5, 5.41) is 0. The van der Waals surface area contributed by atoms with Crippen molar-refractivity contribution in [2.75, 3.05) is 5.73 Å². The van der Waals surface area contributed by atoms with E-state index in [9.17, 15) is 0 Å². The van der Waals surface area contributed by atoms with Gasteiger partial charge in [-0.3, -0.25) is 4.98 Å². The maximum atomic E-state index is 5.47. The second kappa shape index (κ2) is 11.0. The normalized spacial score (nSPS) is 8.86. The lowest BCUT2D eigenvalue weighted by Gasteiger charge is -1.91. The summed E-state index contributed by atoms with van der Waals surface area (Å²) in [5.41, 5.74) is 7.54. The van der Waals surface area contributed by atoms with Crippen molar-refractivity contribution >= 4 is 37.5 Å². The zero-order valence-corrected chi connectivity index (χ0v) is 15.5. The van der Waals surface area contributed by atoms with E-state index in [2.05, 4.69) is 49.8 Å². The highest BCUT2D eigenvalue weighted by Crippen LogP contribution is 2.16. The Bertz CT molecular complexity index is 546. The third kappa shape index (κ3) is 7.96. The molecule has 2 N–H and O–H groups in total. The fourth-order valence-corrected chi connectivity index (χ4v) is 1.91. The highest BCUT2D eigenvalue weighted by Gasteiger charge is 1.87. The van der Waals surface area contributed by atoms with Crippen LogP contribution in [0.15, 0.2) is 88.1 Å². The van der Waals surface area contributed by atoms with E-state index < -0.39 is 0 Å². The average Bonchev–Trinajstić information content (AvgIpc) is 2.56. The second-order valence-electron chi connectivity index (χ2n) is 4.30. The van der Waals surface area contributed by atoms with Crippen LogP contribution in [0.25, 0.3) is 0 Å². The number of nitrogens with two attached hydrogens (primary N) is 1. The predicted molar refractivity (Wildman–Crippen MR) is 102 cm³/mol. The van der Waals surface area contributed by atoms with Crippen molar-refractivity contribution in [2.24, 2.45) is 0 Å². The molecule has 0 aliphatic carbocycles. The van der Waals surface area contributed by atoms with Crippen LogP contribution in [0.4, 0.5) is 5.69 Å². The van der Waals surface area contributed by atoms with E-state index >= 15 is 0 Å². The number of pyridine rings is 1. The number of halogens is 2. The van der Waals surface area contributed by atoms with Gasteiger partial charge in [0.15, 0.2) is 0 Å². The van der Waals surface area contributed by atoms with Crippen molar-refractivity contribution in [1.29, 1.82) is 0 Å². The molecule has 2 aromatic carbocycles. The van der Waals surface area contributed by atoms with E-state index in [0.717, 1.165) is 10.2 Å². The Balaban J connectivity index is 0.000000167. The molecular formula is C18H18Br2N2. The molecule has 0 aliphatic rings. The van der Waals surface area contributed by atoms with Crippen LogP contribution < -0.4 is 5.73 Å². The van der Waals surface area contributed by atoms with Crippen LogP contribution in [-0.4, -0.2) is 4.98 Å². The summed E-state index contributed by atoms with van der Waals surface area (Å²) in [6.45, 7) is 2.07. The fraction of sp³-hybridized carbons (Fsp3) is 0.0556. The van der Waals surface area contributed by atoms with Crippen LogP contribution in [-0.2, 0) is 0 Å². The van der Waals surface area contributed by atoms with E-state index in [4.69, 9.17) is 5.73 Å².